The van der Waals surface area contributed by atoms with Crippen LogP contribution >= 0.6 is 8.19 Å². The largest absolute Gasteiger partial charge is 0.458 e. The highest BCUT2D eigenvalue weighted by Crippen LogP contribution is 2.47. The van der Waals surface area contributed by atoms with Gasteiger partial charge in [-0.3, -0.25) is 0 Å². The van der Waals surface area contributed by atoms with Crippen LogP contribution in [-0.2, 0) is 0 Å². The van der Waals surface area contributed by atoms with Crippen molar-refractivity contribution in [2.24, 2.45) is 5.73 Å². The maximum Gasteiger partial charge on any atom is 0.150 e. The molecule has 1 aromatic heterocycles. The van der Waals surface area contributed by atoms with Gasteiger partial charge in [-0.2, -0.15) is 0 Å². The third-order valence-electron chi connectivity index (χ3n) is 4.88. The van der Waals surface area contributed by atoms with Crippen LogP contribution in [-0.4, -0.2) is 37.1 Å². The third-order valence-corrected chi connectivity index (χ3v) is 5.81. The molecule has 4 rings (SSSR count). The van der Waals surface area contributed by atoms with Gasteiger partial charge in [0.25, 0.3) is 0 Å². The molecule has 0 radical (unpaired) electrons. The quantitative estimate of drug-likeness (QED) is 0.933. The Morgan fingerprint density at radius 2 is 2.00 bits per heavy atom. The number of nitrogens with two attached hydrogens (primary N) is 1. The zero-order valence-corrected chi connectivity index (χ0v) is 14.1. The molecule has 0 aliphatic carbocycles. The highest BCUT2D eigenvalue weighted by atomic mass is 31.0. The minimum Gasteiger partial charge on any atom is -0.458 e. The van der Waals surface area contributed by atoms with E-state index in [0.717, 1.165) is 58.7 Å². The van der Waals surface area contributed by atoms with Crippen molar-refractivity contribution in [1.82, 2.24) is 4.90 Å². The lowest BCUT2D eigenvalue weighted by Gasteiger charge is -2.35. The first-order valence-corrected chi connectivity index (χ1v) is 9.18. The van der Waals surface area contributed by atoms with E-state index in [-0.39, 0.29) is 0 Å². The highest BCUT2D eigenvalue weighted by molar-refractivity contribution is 7.31. The lowest BCUT2D eigenvalue weighted by atomic mass is 10.0. The van der Waals surface area contributed by atoms with E-state index in [4.69, 9.17) is 10.2 Å². The number of benzene rings is 1. The van der Waals surface area contributed by atoms with Crippen LogP contribution in [0.2, 0.25) is 0 Å². The van der Waals surface area contributed by atoms with Gasteiger partial charge in [-0.15, -0.1) is 0 Å². The van der Waals surface area contributed by atoms with Crippen LogP contribution in [0.25, 0.3) is 17.0 Å². The maximum absolute atomic E-state index is 6.00. The van der Waals surface area contributed by atoms with Crippen molar-refractivity contribution in [3.63, 3.8) is 0 Å². The minimum atomic E-state index is 0.384. The van der Waals surface area contributed by atoms with Gasteiger partial charge in [-0.25, -0.2) is 0 Å². The molecular formula is C18H22N3OP. The molecule has 0 unspecified atom stereocenters. The van der Waals surface area contributed by atoms with Gasteiger partial charge in [0.1, 0.15) is 11.8 Å². The molecule has 5 heteroatoms. The molecule has 2 aliphatic rings. The fraction of sp³-hybridized carbons (Fsp3) is 0.389. The van der Waals surface area contributed by atoms with E-state index < -0.39 is 0 Å². The van der Waals surface area contributed by atoms with Gasteiger partial charge >= 0.3 is 0 Å². The highest BCUT2D eigenvalue weighted by Gasteiger charge is 2.28. The fourth-order valence-corrected chi connectivity index (χ4v) is 4.31. The second-order valence-electron chi connectivity index (χ2n) is 6.32. The maximum atomic E-state index is 6.00. The van der Waals surface area contributed by atoms with E-state index in [0.29, 0.717) is 6.04 Å². The summed E-state index contributed by atoms with van der Waals surface area (Å²) in [6.07, 6.45) is 2.21. The molecule has 1 saturated heterocycles. The summed E-state index contributed by atoms with van der Waals surface area (Å²) in [6.45, 7) is 8.54. The summed E-state index contributed by atoms with van der Waals surface area (Å²) >= 11 is 0. The smallest absolute Gasteiger partial charge is 0.150 e. The Labute approximate surface area is 138 Å². The standard InChI is InChI=1S/C18H22N3OP/c1-13-18-17(22-12-23-18)15-4-2-3-5-16(15)21(13)11-10-20-8-6-14(19)7-9-20/h2-5,12,14H,1,6-11,19H2. The molecule has 23 heavy (non-hydrogen) atoms. The molecule has 120 valence electrons. The summed E-state index contributed by atoms with van der Waals surface area (Å²) in [6, 6.07) is 8.84. The van der Waals surface area contributed by atoms with Crippen LogP contribution in [0.4, 0.5) is 5.69 Å². The molecule has 1 fully saturated rings. The Morgan fingerprint density at radius 1 is 1.22 bits per heavy atom. The van der Waals surface area contributed by atoms with Gasteiger partial charge < -0.3 is 20.0 Å². The summed E-state index contributed by atoms with van der Waals surface area (Å²) in [5.41, 5.74) is 9.46. The van der Waals surface area contributed by atoms with Crippen molar-refractivity contribution in [3.8, 4) is 11.3 Å². The van der Waals surface area contributed by atoms with Crippen LogP contribution in [0.1, 0.15) is 18.1 Å². The van der Waals surface area contributed by atoms with Crippen molar-refractivity contribution < 1.29 is 4.42 Å². The summed E-state index contributed by atoms with van der Waals surface area (Å²) in [5, 5.41) is 1.20. The van der Waals surface area contributed by atoms with Crippen molar-refractivity contribution in [3.05, 3.63) is 42.1 Å². The van der Waals surface area contributed by atoms with Crippen LogP contribution in [0.15, 0.2) is 41.3 Å². The van der Waals surface area contributed by atoms with E-state index in [1.807, 2.05) is 5.99 Å². The Morgan fingerprint density at radius 3 is 2.83 bits per heavy atom. The second-order valence-corrected chi connectivity index (χ2v) is 7.24. The average molecular weight is 327 g/mol. The SMILES string of the molecule is C=C1c2pcoc2-c2ccccc2N1CCN1CCC(N)CC1. The lowest BCUT2D eigenvalue weighted by Crippen LogP contribution is -2.43. The Kier molecular flexibility index (Phi) is 3.98. The third kappa shape index (κ3) is 2.72. The van der Waals surface area contributed by atoms with Gasteiger partial charge in [0.15, 0.2) is 0 Å². The van der Waals surface area contributed by atoms with Crippen molar-refractivity contribution in [1.29, 1.82) is 0 Å². The number of hydrogen-bond acceptors (Lipinski definition) is 4. The fourth-order valence-electron chi connectivity index (χ4n) is 3.49. The summed E-state index contributed by atoms with van der Waals surface area (Å²) in [5.74, 6) is 2.83. The van der Waals surface area contributed by atoms with E-state index in [1.54, 1.807) is 0 Å². The summed E-state index contributed by atoms with van der Waals surface area (Å²) in [4.78, 5) is 4.86. The molecular weight excluding hydrogens is 305 g/mol. The van der Waals surface area contributed by atoms with Gasteiger partial charge in [0.2, 0.25) is 0 Å². The number of fused-ring (bicyclic) bond motifs is 3. The predicted molar refractivity (Wildman–Crippen MR) is 96.7 cm³/mol. The van der Waals surface area contributed by atoms with E-state index in [9.17, 15) is 0 Å². The number of likely N-dealkylation sites (tertiary alicyclic amines) is 1. The molecule has 0 saturated carbocycles. The summed E-state index contributed by atoms with van der Waals surface area (Å²) in [7, 11) is 1.10. The van der Waals surface area contributed by atoms with Gasteiger partial charge in [0.05, 0.1) is 11.0 Å². The van der Waals surface area contributed by atoms with Crippen molar-refractivity contribution in [2.75, 3.05) is 31.1 Å². The molecule has 2 N–H and O–H groups in total. The molecule has 2 aliphatic heterocycles. The first-order valence-electron chi connectivity index (χ1n) is 8.21. The van der Waals surface area contributed by atoms with E-state index >= 15 is 0 Å². The van der Waals surface area contributed by atoms with Crippen molar-refractivity contribution in [2.45, 2.75) is 18.9 Å². The van der Waals surface area contributed by atoms with Crippen LogP contribution in [0.5, 0.6) is 0 Å². The number of hydrogen-bond donors (Lipinski definition) is 1. The minimum absolute atomic E-state index is 0.384. The van der Waals surface area contributed by atoms with Crippen molar-refractivity contribution >= 4 is 19.6 Å². The first-order chi connectivity index (χ1) is 11.2. The zero-order chi connectivity index (χ0) is 15.8. The molecule has 3 heterocycles. The van der Waals surface area contributed by atoms with Gasteiger partial charge in [-0.05, 0) is 46.3 Å². The first kappa shape index (κ1) is 14.9. The lowest BCUT2D eigenvalue weighted by molar-refractivity contribution is 0.218. The van der Waals surface area contributed by atoms with E-state index in [2.05, 4.69) is 40.6 Å². The molecule has 1 aromatic carbocycles. The van der Waals surface area contributed by atoms with Gasteiger partial charge in [-0.1, -0.05) is 18.7 Å². The average Bonchev–Trinajstić information content (AvgIpc) is 3.07. The summed E-state index contributed by atoms with van der Waals surface area (Å²) < 4.78 is 5.74. The molecule has 0 spiro atoms. The zero-order valence-electron chi connectivity index (χ0n) is 13.2. The Bertz CT molecular complexity index is 719. The molecule has 2 aromatic rings. The Hall–Kier alpha value is -1.61. The van der Waals surface area contributed by atoms with Gasteiger partial charge in [0, 0.05) is 30.4 Å². The number of para-hydroxylation sites is 1. The molecule has 4 nitrogen and oxygen atoms in total. The number of nitrogens with zero attached hydrogens (tertiary/aromatic N) is 2. The van der Waals surface area contributed by atoms with Crippen LogP contribution in [0, 0.1) is 0 Å². The Balaban J connectivity index is 1.56. The van der Waals surface area contributed by atoms with Crippen LogP contribution < -0.4 is 10.6 Å². The predicted octanol–water partition coefficient (Wildman–Crippen LogP) is 3.74. The number of piperidine rings is 1. The van der Waals surface area contributed by atoms with Crippen LogP contribution in [0.3, 0.4) is 0 Å². The molecule has 0 bridgehead atoms. The molecule has 0 atom stereocenters. The second kappa shape index (κ2) is 6.12. The van der Waals surface area contributed by atoms with E-state index in [1.165, 1.54) is 16.5 Å². The number of rotatable bonds is 3. The molecule has 0 amide bonds. The topological polar surface area (TPSA) is 45.6 Å². The number of anilines is 1. The normalized spacial score (nSPS) is 19.2. The monoisotopic (exact) mass is 327 g/mol.